The van der Waals surface area contributed by atoms with Crippen LogP contribution in [0.2, 0.25) is 18.1 Å². The standard InChI is InChI=1S/C33H42ClNO3SSi/c1-11-33(8)27(34)19-25-29(30(33)38-40(9,10)31(3,4)5)23-20-35(39(36,37)22-17-15-21(2)16-18-22)26-14-12-13-24(28(23)26)32(25,6)7/h11-18,20,27,30H,1,19H2,2-10H3/t27-,30-,33+/m1/s1. The lowest BCUT2D eigenvalue weighted by molar-refractivity contribution is 0.115. The van der Waals surface area contributed by atoms with Crippen molar-refractivity contribution in [2.24, 2.45) is 5.41 Å². The highest BCUT2D eigenvalue weighted by molar-refractivity contribution is 7.90. The molecule has 40 heavy (non-hydrogen) atoms. The molecule has 0 amide bonds. The molecule has 0 radical (unpaired) electrons. The van der Waals surface area contributed by atoms with Gasteiger partial charge in [-0.25, -0.2) is 12.4 Å². The number of nitrogens with zero attached hydrogens (tertiary/aromatic N) is 1. The van der Waals surface area contributed by atoms with E-state index in [9.17, 15) is 8.42 Å². The summed E-state index contributed by atoms with van der Waals surface area (Å²) in [6.07, 6.45) is 4.10. The maximum absolute atomic E-state index is 14.1. The van der Waals surface area contributed by atoms with E-state index in [-0.39, 0.29) is 26.8 Å². The highest BCUT2D eigenvalue weighted by atomic mass is 35.5. The van der Waals surface area contributed by atoms with Crippen LogP contribution >= 0.6 is 11.6 Å². The van der Waals surface area contributed by atoms with Crippen molar-refractivity contribution in [3.05, 3.63) is 83.6 Å². The lowest BCUT2D eigenvalue weighted by atomic mass is 9.59. The zero-order chi connectivity index (χ0) is 29.6. The first-order chi connectivity index (χ1) is 18.4. The third kappa shape index (κ3) is 4.12. The summed E-state index contributed by atoms with van der Waals surface area (Å²) in [4.78, 5) is 0.272. The van der Waals surface area contributed by atoms with Crippen LogP contribution in [-0.4, -0.2) is 32.2 Å². The number of hydrogen-bond donors (Lipinski definition) is 0. The predicted molar refractivity (Wildman–Crippen MR) is 170 cm³/mol. The van der Waals surface area contributed by atoms with E-state index in [1.165, 1.54) is 9.55 Å². The van der Waals surface area contributed by atoms with Crippen LogP contribution < -0.4 is 0 Å². The molecule has 2 aliphatic carbocycles. The number of rotatable bonds is 5. The molecule has 0 saturated heterocycles. The van der Waals surface area contributed by atoms with Crippen LogP contribution in [0.15, 0.2) is 71.8 Å². The number of halogens is 1. The quantitative estimate of drug-likeness (QED) is 0.168. The van der Waals surface area contributed by atoms with Gasteiger partial charge in [-0.15, -0.1) is 18.2 Å². The summed E-state index contributed by atoms with van der Waals surface area (Å²) < 4.78 is 37.0. The molecule has 7 heteroatoms. The van der Waals surface area contributed by atoms with Gasteiger partial charge in [0.05, 0.1) is 16.5 Å². The molecule has 1 heterocycles. The third-order valence-electron chi connectivity index (χ3n) is 9.96. The first kappa shape index (κ1) is 29.4. The summed E-state index contributed by atoms with van der Waals surface area (Å²) in [5, 5.41) is 0.745. The molecule has 2 aliphatic rings. The van der Waals surface area contributed by atoms with Crippen molar-refractivity contribution in [2.45, 2.75) is 94.8 Å². The molecule has 0 spiro atoms. The van der Waals surface area contributed by atoms with E-state index in [1.807, 2.05) is 43.5 Å². The molecule has 0 N–H and O–H groups in total. The minimum atomic E-state index is -3.84. The largest absolute Gasteiger partial charge is 0.409 e. The number of alkyl halides is 1. The Morgan fingerprint density at radius 2 is 1.73 bits per heavy atom. The minimum absolute atomic E-state index is 0.0207. The minimum Gasteiger partial charge on any atom is -0.409 e. The van der Waals surface area contributed by atoms with Crippen LogP contribution in [0.5, 0.6) is 0 Å². The third-order valence-corrected chi connectivity index (χ3v) is 16.7. The summed E-state index contributed by atoms with van der Waals surface area (Å²) in [7, 11) is -6.12. The molecule has 0 saturated carbocycles. The molecule has 5 rings (SSSR count). The number of benzene rings is 2. The Hall–Kier alpha value is -2.12. The van der Waals surface area contributed by atoms with Gasteiger partial charge in [-0.1, -0.05) is 83.0 Å². The molecule has 1 aromatic heterocycles. The van der Waals surface area contributed by atoms with Gasteiger partial charge in [0.25, 0.3) is 10.0 Å². The van der Waals surface area contributed by atoms with E-state index in [0.717, 1.165) is 27.6 Å². The van der Waals surface area contributed by atoms with Crippen LogP contribution in [0.25, 0.3) is 16.5 Å². The van der Waals surface area contributed by atoms with E-state index in [4.69, 9.17) is 16.0 Å². The van der Waals surface area contributed by atoms with Gasteiger partial charge in [-0.2, -0.15) is 0 Å². The van der Waals surface area contributed by atoms with Gasteiger partial charge in [0, 0.05) is 33.4 Å². The van der Waals surface area contributed by atoms with E-state index in [1.54, 1.807) is 12.1 Å². The zero-order valence-electron chi connectivity index (χ0n) is 25.2. The topological polar surface area (TPSA) is 48.3 Å². The predicted octanol–water partition coefficient (Wildman–Crippen LogP) is 8.83. The van der Waals surface area contributed by atoms with Crippen LogP contribution in [-0.2, 0) is 19.9 Å². The Morgan fingerprint density at radius 3 is 2.30 bits per heavy atom. The van der Waals surface area contributed by atoms with Crippen molar-refractivity contribution in [3.63, 3.8) is 0 Å². The highest BCUT2D eigenvalue weighted by Crippen LogP contribution is 2.59. The number of hydrogen-bond acceptors (Lipinski definition) is 3. The van der Waals surface area contributed by atoms with Gasteiger partial charge in [0.2, 0.25) is 0 Å². The lowest BCUT2D eigenvalue weighted by Crippen LogP contribution is -2.54. The first-order valence-electron chi connectivity index (χ1n) is 14.0. The average molecular weight is 596 g/mol. The number of aryl methyl sites for hydroxylation is 1. The molecule has 0 aliphatic heterocycles. The van der Waals surface area contributed by atoms with Crippen LogP contribution in [0.1, 0.15) is 64.7 Å². The Bertz CT molecular complexity index is 1660. The van der Waals surface area contributed by atoms with Crippen molar-refractivity contribution < 1.29 is 12.8 Å². The van der Waals surface area contributed by atoms with Gasteiger partial charge in [0.15, 0.2) is 8.32 Å². The molecule has 4 nitrogen and oxygen atoms in total. The second-order valence-corrected chi connectivity index (χ2v) is 21.0. The molecule has 3 aromatic rings. The first-order valence-corrected chi connectivity index (χ1v) is 18.8. The fourth-order valence-corrected chi connectivity index (χ4v) is 9.13. The molecule has 0 fully saturated rings. The van der Waals surface area contributed by atoms with Gasteiger partial charge in [-0.05, 0) is 60.8 Å². The van der Waals surface area contributed by atoms with Crippen molar-refractivity contribution in [1.82, 2.24) is 3.97 Å². The molecule has 3 atom stereocenters. The van der Waals surface area contributed by atoms with Gasteiger partial charge in [-0.3, -0.25) is 0 Å². The Labute approximate surface area is 246 Å². The lowest BCUT2D eigenvalue weighted by Gasteiger charge is -2.53. The van der Waals surface area contributed by atoms with E-state index < -0.39 is 23.8 Å². The monoisotopic (exact) mass is 595 g/mol. The van der Waals surface area contributed by atoms with E-state index >= 15 is 0 Å². The van der Waals surface area contributed by atoms with Crippen LogP contribution in [0.4, 0.5) is 0 Å². The Kier molecular flexibility index (Phi) is 6.75. The van der Waals surface area contributed by atoms with E-state index in [2.05, 4.69) is 67.3 Å². The summed E-state index contributed by atoms with van der Waals surface area (Å²) in [6, 6.07) is 13.1. The molecule has 0 bridgehead atoms. The Morgan fingerprint density at radius 1 is 1.10 bits per heavy atom. The average Bonchev–Trinajstić information content (AvgIpc) is 3.26. The summed E-state index contributed by atoms with van der Waals surface area (Å²) >= 11 is 7.24. The summed E-state index contributed by atoms with van der Waals surface area (Å²) in [6.45, 7) is 24.0. The van der Waals surface area contributed by atoms with Crippen molar-refractivity contribution in [3.8, 4) is 0 Å². The van der Waals surface area contributed by atoms with Crippen molar-refractivity contribution in [1.29, 1.82) is 0 Å². The highest BCUT2D eigenvalue weighted by Gasteiger charge is 2.54. The van der Waals surface area contributed by atoms with E-state index in [0.29, 0.717) is 11.9 Å². The fourth-order valence-electron chi connectivity index (χ4n) is 6.10. The normalized spacial score (nSPS) is 24.8. The second-order valence-electron chi connectivity index (χ2n) is 13.9. The maximum Gasteiger partial charge on any atom is 0.268 e. The smallest absolute Gasteiger partial charge is 0.268 e. The number of fused-ring (bicyclic) bond motifs is 1. The number of aromatic nitrogens is 1. The van der Waals surface area contributed by atoms with Crippen LogP contribution in [0, 0.1) is 12.3 Å². The zero-order valence-corrected chi connectivity index (χ0v) is 27.8. The number of allylic oxidation sites excluding steroid dienone is 1. The van der Waals surface area contributed by atoms with Crippen molar-refractivity contribution in [2.75, 3.05) is 0 Å². The molecule has 0 unspecified atom stereocenters. The van der Waals surface area contributed by atoms with Gasteiger partial charge >= 0.3 is 0 Å². The molecule has 2 aromatic carbocycles. The second kappa shape index (κ2) is 9.19. The van der Waals surface area contributed by atoms with Gasteiger partial charge < -0.3 is 4.43 Å². The molecular weight excluding hydrogens is 554 g/mol. The van der Waals surface area contributed by atoms with Crippen molar-refractivity contribution >= 4 is 46.4 Å². The fraction of sp³-hybridized carbons (Fsp3) is 0.455. The summed E-state index contributed by atoms with van der Waals surface area (Å²) in [5.41, 5.74) is 5.16. The Balaban J connectivity index is 1.84. The maximum atomic E-state index is 14.1. The molecule has 214 valence electrons. The SMILES string of the molecule is C=C[C@@]1(C)[C@H](Cl)CC2=C(c3cn(S(=O)(=O)c4ccc(C)cc4)c4cccc(c34)C2(C)C)[C@H]1O[Si](C)(C)C(C)(C)C. The van der Waals surface area contributed by atoms with Crippen LogP contribution in [0.3, 0.4) is 0 Å². The van der Waals surface area contributed by atoms with Gasteiger partial charge in [0.1, 0.15) is 0 Å². The molecular formula is C33H42ClNO3SSi. The summed E-state index contributed by atoms with van der Waals surface area (Å²) in [5.74, 6) is 0.